The number of ether oxygens (including phenoxy) is 3. The minimum absolute atomic E-state index is 0.168. The first-order valence-corrected chi connectivity index (χ1v) is 9.27. The van der Waals surface area contributed by atoms with Crippen LogP contribution in [0, 0.1) is 12.8 Å². The van der Waals surface area contributed by atoms with Crippen molar-refractivity contribution in [3.8, 4) is 5.75 Å². The smallest absolute Gasteiger partial charge is 0.405 e. The predicted molar refractivity (Wildman–Crippen MR) is 107 cm³/mol. The van der Waals surface area contributed by atoms with Crippen LogP contribution in [-0.4, -0.2) is 29.9 Å². The molecule has 6 nitrogen and oxygen atoms in total. The Morgan fingerprint density at radius 1 is 1.07 bits per heavy atom. The van der Waals surface area contributed by atoms with Gasteiger partial charge in [0.15, 0.2) is 0 Å². The van der Waals surface area contributed by atoms with E-state index in [0.717, 1.165) is 5.75 Å². The number of benzene rings is 1. The summed E-state index contributed by atoms with van der Waals surface area (Å²) in [5.41, 5.74) is 5.46. The summed E-state index contributed by atoms with van der Waals surface area (Å²) in [5, 5.41) is 0. The van der Waals surface area contributed by atoms with Crippen molar-refractivity contribution in [2.24, 2.45) is 11.7 Å². The number of carbonyl (C=O) groups excluding carboxylic acids is 2. The molecule has 2 N–H and O–H groups in total. The van der Waals surface area contributed by atoms with E-state index in [1.54, 1.807) is 27.7 Å². The molecule has 2 unspecified atom stereocenters. The van der Waals surface area contributed by atoms with Gasteiger partial charge in [0.25, 0.3) is 0 Å². The summed E-state index contributed by atoms with van der Waals surface area (Å²) < 4.78 is 15.9. The molecule has 0 bridgehead atoms. The average Bonchev–Trinajstić information content (AvgIpc) is 2.52. The zero-order chi connectivity index (χ0) is 21.2. The van der Waals surface area contributed by atoms with E-state index in [0.29, 0.717) is 6.42 Å². The van der Waals surface area contributed by atoms with E-state index in [2.05, 4.69) is 4.74 Å². The standard InChI is InChI=1S/C16H24O3.C5H11NO2/c1-6-15(17)19-16(11(2)3)13(5)18-14-9-7-12(4)8-10-14;1-5(2,3)8-4(6)7/h7-11,13,16H,6H2,1-5H3;1-3H3,(H2,6,7). The SMILES string of the molecule is CC(C)(C)OC(N)=O.CCC(=O)OC(C(C)C)C(C)Oc1ccc(C)cc1. The van der Waals surface area contributed by atoms with Gasteiger partial charge in [-0.05, 0) is 52.7 Å². The Balaban J connectivity index is 0.000000713. The van der Waals surface area contributed by atoms with Crippen molar-refractivity contribution in [3.63, 3.8) is 0 Å². The molecule has 0 radical (unpaired) electrons. The van der Waals surface area contributed by atoms with Crippen molar-refractivity contribution in [2.45, 2.75) is 79.6 Å². The van der Waals surface area contributed by atoms with Crippen LogP contribution in [0.1, 0.15) is 60.5 Å². The Morgan fingerprint density at radius 2 is 1.59 bits per heavy atom. The molecule has 27 heavy (non-hydrogen) atoms. The number of amides is 1. The molecule has 154 valence electrons. The molecule has 1 aromatic rings. The Bertz CT molecular complexity index is 575. The Hall–Kier alpha value is -2.24. The highest BCUT2D eigenvalue weighted by molar-refractivity contribution is 5.69. The molecule has 0 saturated carbocycles. The first kappa shape index (κ1) is 24.8. The zero-order valence-electron chi connectivity index (χ0n) is 17.9. The topological polar surface area (TPSA) is 87.9 Å². The minimum Gasteiger partial charge on any atom is -0.487 e. The van der Waals surface area contributed by atoms with Crippen molar-refractivity contribution >= 4 is 12.1 Å². The monoisotopic (exact) mass is 381 g/mol. The molecule has 0 fully saturated rings. The summed E-state index contributed by atoms with van der Waals surface area (Å²) >= 11 is 0. The third-order valence-corrected chi connectivity index (χ3v) is 3.43. The van der Waals surface area contributed by atoms with Crippen molar-refractivity contribution in [3.05, 3.63) is 29.8 Å². The number of esters is 1. The molecule has 1 rings (SSSR count). The van der Waals surface area contributed by atoms with Crippen LogP contribution in [0.4, 0.5) is 4.79 Å². The van der Waals surface area contributed by atoms with Crippen molar-refractivity contribution in [2.75, 3.05) is 0 Å². The second-order valence-electron chi connectivity index (χ2n) is 7.72. The highest BCUT2D eigenvalue weighted by atomic mass is 16.6. The van der Waals surface area contributed by atoms with Crippen LogP contribution < -0.4 is 10.5 Å². The van der Waals surface area contributed by atoms with E-state index in [1.807, 2.05) is 52.0 Å². The van der Waals surface area contributed by atoms with Gasteiger partial charge >= 0.3 is 12.1 Å². The fraction of sp³-hybridized carbons (Fsp3) is 0.619. The highest BCUT2D eigenvalue weighted by Crippen LogP contribution is 2.19. The van der Waals surface area contributed by atoms with Gasteiger partial charge in [0, 0.05) is 6.42 Å². The summed E-state index contributed by atoms with van der Waals surface area (Å²) in [4.78, 5) is 21.5. The molecule has 2 atom stereocenters. The van der Waals surface area contributed by atoms with Crippen LogP contribution in [0.15, 0.2) is 24.3 Å². The van der Waals surface area contributed by atoms with E-state index in [1.165, 1.54) is 5.56 Å². The van der Waals surface area contributed by atoms with Crippen LogP contribution >= 0.6 is 0 Å². The Kier molecular flexibility index (Phi) is 10.5. The second-order valence-corrected chi connectivity index (χ2v) is 7.72. The Labute approximate surface area is 163 Å². The van der Waals surface area contributed by atoms with Crippen molar-refractivity contribution in [1.29, 1.82) is 0 Å². The maximum absolute atomic E-state index is 11.5. The summed E-state index contributed by atoms with van der Waals surface area (Å²) in [6.45, 7) is 15.1. The van der Waals surface area contributed by atoms with Gasteiger partial charge < -0.3 is 19.9 Å². The van der Waals surface area contributed by atoms with Crippen LogP contribution in [0.25, 0.3) is 0 Å². The molecule has 1 amide bonds. The molecule has 0 aliphatic rings. The van der Waals surface area contributed by atoms with Gasteiger partial charge in [0.1, 0.15) is 23.6 Å². The molecule has 0 spiro atoms. The highest BCUT2D eigenvalue weighted by Gasteiger charge is 2.26. The molecule has 1 aromatic carbocycles. The minimum atomic E-state index is -0.725. The second kappa shape index (κ2) is 11.5. The predicted octanol–water partition coefficient (Wildman–Crippen LogP) is 4.62. The molecular formula is C21H35NO5. The third-order valence-electron chi connectivity index (χ3n) is 3.43. The van der Waals surface area contributed by atoms with E-state index < -0.39 is 11.7 Å². The van der Waals surface area contributed by atoms with Gasteiger partial charge in [-0.2, -0.15) is 0 Å². The van der Waals surface area contributed by atoms with Crippen molar-refractivity contribution < 1.29 is 23.8 Å². The number of hydrogen-bond acceptors (Lipinski definition) is 5. The first-order chi connectivity index (χ1) is 12.4. The van der Waals surface area contributed by atoms with Gasteiger partial charge in [-0.15, -0.1) is 0 Å². The largest absolute Gasteiger partial charge is 0.487 e. The van der Waals surface area contributed by atoms with Gasteiger partial charge in [-0.25, -0.2) is 4.79 Å². The van der Waals surface area contributed by atoms with Crippen LogP contribution in [0.2, 0.25) is 0 Å². The molecular weight excluding hydrogens is 346 g/mol. The van der Waals surface area contributed by atoms with Crippen LogP contribution in [-0.2, 0) is 14.3 Å². The summed E-state index contributed by atoms with van der Waals surface area (Å²) in [6, 6.07) is 7.88. The summed E-state index contributed by atoms with van der Waals surface area (Å²) in [7, 11) is 0. The quantitative estimate of drug-likeness (QED) is 0.726. The zero-order valence-corrected chi connectivity index (χ0v) is 17.9. The summed E-state index contributed by atoms with van der Waals surface area (Å²) in [6.07, 6.45) is -0.732. The van der Waals surface area contributed by atoms with Gasteiger partial charge in [0.2, 0.25) is 0 Å². The summed E-state index contributed by atoms with van der Waals surface area (Å²) in [5.74, 6) is 0.838. The molecule has 0 aromatic heterocycles. The van der Waals surface area contributed by atoms with Gasteiger partial charge in [-0.1, -0.05) is 38.5 Å². The normalized spacial score (nSPS) is 13.1. The van der Waals surface area contributed by atoms with E-state index in [4.69, 9.17) is 15.2 Å². The number of carbonyl (C=O) groups is 2. The average molecular weight is 382 g/mol. The van der Waals surface area contributed by atoms with Gasteiger partial charge in [0.05, 0.1) is 0 Å². The third kappa shape index (κ3) is 11.9. The number of rotatable bonds is 6. The lowest BCUT2D eigenvalue weighted by Crippen LogP contribution is -2.37. The number of primary amides is 1. The number of nitrogens with two attached hydrogens (primary N) is 1. The molecule has 0 heterocycles. The molecule has 0 saturated heterocycles. The first-order valence-electron chi connectivity index (χ1n) is 9.27. The lowest BCUT2D eigenvalue weighted by Gasteiger charge is -2.27. The number of aryl methyl sites for hydroxylation is 1. The van der Waals surface area contributed by atoms with Crippen molar-refractivity contribution in [1.82, 2.24) is 0 Å². The fourth-order valence-electron chi connectivity index (χ4n) is 2.21. The lowest BCUT2D eigenvalue weighted by atomic mass is 10.0. The van der Waals surface area contributed by atoms with E-state index in [-0.39, 0.29) is 24.1 Å². The lowest BCUT2D eigenvalue weighted by molar-refractivity contribution is -0.156. The van der Waals surface area contributed by atoms with Crippen LogP contribution in [0.3, 0.4) is 0 Å². The van der Waals surface area contributed by atoms with Gasteiger partial charge in [-0.3, -0.25) is 4.79 Å². The number of hydrogen-bond donors (Lipinski definition) is 1. The van der Waals surface area contributed by atoms with E-state index >= 15 is 0 Å². The molecule has 0 aliphatic heterocycles. The molecule has 6 heteroatoms. The fourth-order valence-corrected chi connectivity index (χ4v) is 2.21. The van der Waals surface area contributed by atoms with E-state index in [9.17, 15) is 9.59 Å². The maximum Gasteiger partial charge on any atom is 0.405 e. The maximum atomic E-state index is 11.5. The van der Waals surface area contributed by atoms with Crippen LogP contribution in [0.5, 0.6) is 5.75 Å². The Morgan fingerprint density at radius 3 is 1.93 bits per heavy atom. The molecule has 0 aliphatic carbocycles.